The monoisotopic (exact) mass is 346 g/mol. The quantitative estimate of drug-likeness (QED) is 0.849. The van der Waals surface area contributed by atoms with Crippen LogP contribution in [0, 0.1) is 0 Å². The molecule has 25 heavy (non-hydrogen) atoms. The third-order valence-electron chi connectivity index (χ3n) is 4.68. The lowest BCUT2D eigenvalue weighted by atomic mass is 9.98. The third kappa shape index (κ3) is 3.89. The van der Waals surface area contributed by atoms with Crippen molar-refractivity contribution < 1.29 is 19.4 Å². The molecule has 3 rings (SSSR count). The van der Waals surface area contributed by atoms with Gasteiger partial charge < -0.3 is 14.7 Å². The van der Waals surface area contributed by atoms with E-state index in [1.54, 1.807) is 21.9 Å². The average Bonchev–Trinajstić information content (AvgIpc) is 3.01. The van der Waals surface area contributed by atoms with Gasteiger partial charge >= 0.3 is 6.09 Å². The van der Waals surface area contributed by atoms with Gasteiger partial charge in [0.25, 0.3) is 0 Å². The third-order valence-corrected chi connectivity index (χ3v) is 4.68. The van der Waals surface area contributed by atoms with Crippen LogP contribution in [0.25, 0.3) is 0 Å². The first kappa shape index (κ1) is 17.6. The molecule has 0 saturated carbocycles. The summed E-state index contributed by atoms with van der Waals surface area (Å²) >= 11 is 0. The van der Waals surface area contributed by atoms with Gasteiger partial charge in [-0.15, -0.1) is 0 Å². The minimum absolute atomic E-state index is 0.0302. The molecule has 1 saturated heterocycles. The molecule has 1 fully saturated rings. The van der Waals surface area contributed by atoms with Crippen LogP contribution in [0.4, 0.5) is 4.79 Å². The zero-order valence-corrected chi connectivity index (χ0v) is 15.1. The maximum absolute atomic E-state index is 13.0. The van der Waals surface area contributed by atoms with Crippen molar-refractivity contribution in [3.8, 4) is 5.75 Å². The summed E-state index contributed by atoms with van der Waals surface area (Å²) < 4.78 is 5.44. The molecule has 1 atom stereocenters. The highest BCUT2D eigenvalue weighted by Gasteiger charge is 2.39. The van der Waals surface area contributed by atoms with Gasteiger partial charge in [0.05, 0.1) is 0 Å². The number of amides is 2. The lowest BCUT2D eigenvalue weighted by molar-refractivity contribution is -0.136. The number of nitrogens with zero attached hydrogens (tertiary/aromatic N) is 2. The fourth-order valence-electron chi connectivity index (χ4n) is 3.50. The Hall–Kier alpha value is -2.24. The maximum Gasteiger partial charge on any atom is 0.410 e. The van der Waals surface area contributed by atoms with Crippen LogP contribution in [-0.4, -0.2) is 51.6 Å². The molecule has 2 heterocycles. The summed E-state index contributed by atoms with van der Waals surface area (Å²) in [5.74, 6) is 0.182. The fourth-order valence-corrected chi connectivity index (χ4v) is 3.50. The number of ether oxygens (including phenoxy) is 1. The van der Waals surface area contributed by atoms with Gasteiger partial charge in [-0.05, 0) is 63.3 Å². The van der Waals surface area contributed by atoms with Crippen molar-refractivity contribution in [3.05, 3.63) is 29.3 Å². The summed E-state index contributed by atoms with van der Waals surface area (Å²) in [4.78, 5) is 28.7. The second-order valence-electron chi connectivity index (χ2n) is 7.79. The van der Waals surface area contributed by atoms with Crippen molar-refractivity contribution in [2.24, 2.45) is 0 Å². The van der Waals surface area contributed by atoms with Gasteiger partial charge in [0, 0.05) is 19.6 Å². The molecule has 0 spiro atoms. The number of likely N-dealkylation sites (tertiary alicyclic amines) is 1. The summed E-state index contributed by atoms with van der Waals surface area (Å²) in [5, 5.41) is 9.67. The van der Waals surface area contributed by atoms with Crippen molar-refractivity contribution in [1.29, 1.82) is 0 Å². The molecule has 0 radical (unpaired) electrons. The minimum Gasteiger partial charge on any atom is -0.508 e. The van der Waals surface area contributed by atoms with Crippen molar-refractivity contribution in [2.75, 3.05) is 13.1 Å². The first-order valence-electron chi connectivity index (χ1n) is 8.84. The molecular weight excluding hydrogens is 320 g/mol. The van der Waals surface area contributed by atoms with Gasteiger partial charge in [-0.3, -0.25) is 9.69 Å². The van der Waals surface area contributed by atoms with Gasteiger partial charge in [-0.2, -0.15) is 0 Å². The smallest absolute Gasteiger partial charge is 0.410 e. The second-order valence-corrected chi connectivity index (χ2v) is 7.79. The van der Waals surface area contributed by atoms with E-state index in [0.717, 1.165) is 24.0 Å². The van der Waals surface area contributed by atoms with E-state index in [1.165, 1.54) is 0 Å². The van der Waals surface area contributed by atoms with E-state index in [1.807, 2.05) is 26.8 Å². The number of rotatable bonds is 1. The Labute approximate surface area is 148 Å². The van der Waals surface area contributed by atoms with Crippen LogP contribution >= 0.6 is 0 Å². The number of phenols is 1. The summed E-state index contributed by atoms with van der Waals surface area (Å²) in [6, 6.07) is 4.86. The molecule has 6 heteroatoms. The predicted molar refractivity (Wildman–Crippen MR) is 93.2 cm³/mol. The first-order valence-corrected chi connectivity index (χ1v) is 8.84. The lowest BCUT2D eigenvalue weighted by Gasteiger charge is -2.34. The van der Waals surface area contributed by atoms with E-state index in [9.17, 15) is 14.7 Å². The molecule has 0 aliphatic carbocycles. The number of aromatic hydroxyl groups is 1. The van der Waals surface area contributed by atoms with E-state index in [-0.39, 0.29) is 11.7 Å². The first-order chi connectivity index (χ1) is 11.7. The highest BCUT2D eigenvalue weighted by molar-refractivity contribution is 5.86. The summed E-state index contributed by atoms with van der Waals surface area (Å²) in [7, 11) is 0. The van der Waals surface area contributed by atoms with Crippen molar-refractivity contribution in [2.45, 2.75) is 58.2 Å². The molecule has 1 aromatic carbocycles. The Morgan fingerprint density at radius 1 is 1.20 bits per heavy atom. The molecule has 1 aromatic rings. The highest BCUT2D eigenvalue weighted by atomic mass is 16.6. The summed E-state index contributed by atoms with van der Waals surface area (Å²) in [6.07, 6.45) is 1.82. The Bertz CT molecular complexity index is 680. The number of benzene rings is 1. The molecule has 2 amide bonds. The van der Waals surface area contributed by atoms with E-state index in [2.05, 4.69) is 0 Å². The molecular formula is C19H26N2O4. The van der Waals surface area contributed by atoms with Crippen LogP contribution in [0.1, 0.15) is 44.7 Å². The predicted octanol–water partition coefficient (Wildman–Crippen LogP) is 2.68. The van der Waals surface area contributed by atoms with Crippen molar-refractivity contribution in [3.63, 3.8) is 0 Å². The van der Waals surface area contributed by atoms with Gasteiger partial charge in [0.1, 0.15) is 17.4 Å². The minimum atomic E-state index is -0.575. The summed E-state index contributed by atoms with van der Waals surface area (Å²) in [5.41, 5.74) is 1.56. The van der Waals surface area contributed by atoms with Crippen molar-refractivity contribution >= 4 is 12.0 Å². The van der Waals surface area contributed by atoms with Crippen LogP contribution in [0.3, 0.4) is 0 Å². The van der Waals surface area contributed by atoms with Crippen LogP contribution in [-0.2, 0) is 22.5 Å². The molecule has 0 bridgehead atoms. The Kier molecular flexibility index (Phi) is 4.62. The molecule has 136 valence electrons. The molecule has 1 N–H and O–H groups in total. The summed E-state index contributed by atoms with van der Waals surface area (Å²) in [6.45, 7) is 7.14. The van der Waals surface area contributed by atoms with Crippen LogP contribution in [0.5, 0.6) is 5.75 Å². The lowest BCUT2D eigenvalue weighted by Crippen LogP contribution is -2.50. The second kappa shape index (κ2) is 6.58. The Morgan fingerprint density at radius 2 is 1.96 bits per heavy atom. The van der Waals surface area contributed by atoms with E-state index < -0.39 is 17.7 Å². The number of carbonyl (C=O) groups excluding carboxylic acids is 2. The molecule has 6 nitrogen and oxygen atoms in total. The SMILES string of the molecule is CC(C)(C)OC(=O)N1CCCC1C(=O)N1CCc2ccc(O)cc2C1. The molecule has 2 aliphatic heterocycles. The standard InChI is InChI=1S/C19H26N2O4/c1-19(2,3)25-18(24)21-9-4-5-16(21)17(23)20-10-8-13-6-7-15(22)11-14(13)12-20/h6-7,11,16,22H,4-5,8-10,12H2,1-3H3. The van der Waals surface area contributed by atoms with Crippen LogP contribution in [0.15, 0.2) is 18.2 Å². The average molecular weight is 346 g/mol. The van der Waals surface area contributed by atoms with Crippen LogP contribution < -0.4 is 0 Å². The van der Waals surface area contributed by atoms with Gasteiger partial charge in [-0.25, -0.2) is 4.79 Å². The Morgan fingerprint density at radius 3 is 2.68 bits per heavy atom. The van der Waals surface area contributed by atoms with E-state index in [0.29, 0.717) is 26.1 Å². The largest absolute Gasteiger partial charge is 0.508 e. The number of fused-ring (bicyclic) bond motifs is 1. The zero-order chi connectivity index (χ0) is 18.2. The normalized spacial score (nSPS) is 20.4. The molecule has 1 unspecified atom stereocenters. The van der Waals surface area contributed by atoms with E-state index >= 15 is 0 Å². The van der Waals surface area contributed by atoms with Gasteiger partial charge in [0.15, 0.2) is 0 Å². The van der Waals surface area contributed by atoms with Gasteiger partial charge in [0.2, 0.25) is 5.91 Å². The fraction of sp³-hybridized carbons (Fsp3) is 0.579. The molecule has 2 aliphatic rings. The number of phenolic OH excluding ortho intramolecular Hbond substituents is 1. The molecule has 0 aromatic heterocycles. The van der Waals surface area contributed by atoms with Crippen molar-refractivity contribution in [1.82, 2.24) is 9.80 Å². The van der Waals surface area contributed by atoms with Gasteiger partial charge in [-0.1, -0.05) is 6.07 Å². The van der Waals surface area contributed by atoms with E-state index in [4.69, 9.17) is 4.74 Å². The van der Waals surface area contributed by atoms with Crippen LogP contribution in [0.2, 0.25) is 0 Å². The highest BCUT2D eigenvalue weighted by Crippen LogP contribution is 2.27. The number of carbonyl (C=O) groups is 2. The number of hydrogen-bond donors (Lipinski definition) is 1. The zero-order valence-electron chi connectivity index (χ0n) is 15.1. The topological polar surface area (TPSA) is 70.1 Å². The number of hydrogen-bond acceptors (Lipinski definition) is 4. The maximum atomic E-state index is 13.0. The Balaban J connectivity index is 1.71.